The first-order valence-electron chi connectivity index (χ1n) is 8.92. The topological polar surface area (TPSA) is 48.7 Å². The number of aryl methyl sites for hydroxylation is 1. The second-order valence-electron chi connectivity index (χ2n) is 6.56. The van der Waals surface area contributed by atoms with Crippen LogP contribution in [0.3, 0.4) is 0 Å². The Labute approximate surface area is 158 Å². The number of hydrogen-bond donors (Lipinski definition) is 1. The Hall–Kier alpha value is -3.64. The number of anilines is 2. The van der Waals surface area contributed by atoms with Crippen molar-refractivity contribution in [1.29, 1.82) is 5.26 Å². The summed E-state index contributed by atoms with van der Waals surface area (Å²) in [5.74, 6) is 0. The molecule has 0 radical (unpaired) electrons. The molecule has 0 unspecified atom stereocenters. The molecule has 0 bridgehead atoms. The molecule has 0 aliphatic heterocycles. The van der Waals surface area contributed by atoms with Crippen molar-refractivity contribution < 1.29 is 0 Å². The fourth-order valence-corrected chi connectivity index (χ4v) is 3.27. The zero-order chi connectivity index (χ0) is 18.6. The maximum atomic E-state index is 8.81. The quantitative estimate of drug-likeness (QED) is 0.490. The van der Waals surface area contributed by atoms with E-state index >= 15 is 0 Å². The van der Waals surface area contributed by atoms with Crippen LogP contribution in [0.25, 0.3) is 22.0 Å². The monoisotopic (exact) mass is 349 g/mol. The summed E-state index contributed by atoms with van der Waals surface area (Å²) < 4.78 is 0. The molecule has 0 saturated heterocycles. The highest BCUT2D eigenvalue weighted by Crippen LogP contribution is 2.31. The molecule has 0 saturated carbocycles. The maximum absolute atomic E-state index is 8.81. The Morgan fingerprint density at radius 2 is 1.78 bits per heavy atom. The van der Waals surface area contributed by atoms with Gasteiger partial charge in [-0.25, -0.2) is 0 Å². The van der Waals surface area contributed by atoms with Crippen LogP contribution in [0.5, 0.6) is 0 Å². The van der Waals surface area contributed by atoms with Crippen molar-refractivity contribution in [3.8, 4) is 17.2 Å². The summed E-state index contributed by atoms with van der Waals surface area (Å²) in [6.07, 6.45) is 2.25. The molecule has 3 aromatic carbocycles. The summed E-state index contributed by atoms with van der Waals surface area (Å²) in [5.41, 5.74) is 7.65. The van der Waals surface area contributed by atoms with Crippen LogP contribution < -0.4 is 5.32 Å². The number of rotatable bonds is 4. The predicted octanol–water partition coefficient (Wildman–Crippen LogP) is 6.02. The van der Waals surface area contributed by atoms with Gasteiger partial charge in [0, 0.05) is 23.0 Å². The van der Waals surface area contributed by atoms with E-state index in [-0.39, 0.29) is 0 Å². The summed E-state index contributed by atoms with van der Waals surface area (Å²) in [6, 6.07) is 26.9. The zero-order valence-electron chi connectivity index (χ0n) is 15.1. The molecule has 27 heavy (non-hydrogen) atoms. The third-order valence-electron chi connectivity index (χ3n) is 4.71. The van der Waals surface area contributed by atoms with Crippen LogP contribution in [0.15, 0.2) is 79.0 Å². The minimum Gasteiger partial charge on any atom is -0.355 e. The fourth-order valence-electron chi connectivity index (χ4n) is 3.27. The van der Waals surface area contributed by atoms with Crippen LogP contribution in [-0.2, 0) is 6.42 Å². The average Bonchev–Trinajstić information content (AvgIpc) is 2.70. The molecule has 130 valence electrons. The van der Waals surface area contributed by atoms with Gasteiger partial charge in [0.25, 0.3) is 0 Å². The molecule has 0 aliphatic carbocycles. The van der Waals surface area contributed by atoms with Crippen LogP contribution in [0.2, 0.25) is 0 Å². The van der Waals surface area contributed by atoms with Crippen LogP contribution >= 0.6 is 0 Å². The maximum Gasteiger partial charge on any atom is 0.0723 e. The second kappa shape index (κ2) is 7.31. The lowest BCUT2D eigenvalue weighted by atomic mass is 9.98. The van der Waals surface area contributed by atoms with Crippen molar-refractivity contribution in [2.75, 3.05) is 5.32 Å². The molecule has 3 heteroatoms. The van der Waals surface area contributed by atoms with Gasteiger partial charge < -0.3 is 5.32 Å². The number of aromatic nitrogens is 1. The highest BCUT2D eigenvalue weighted by Gasteiger charge is 2.07. The van der Waals surface area contributed by atoms with Crippen molar-refractivity contribution in [2.45, 2.75) is 13.3 Å². The van der Waals surface area contributed by atoms with Crippen LogP contribution in [0, 0.1) is 18.3 Å². The molecule has 1 heterocycles. The Bertz CT molecular complexity index is 1140. The smallest absolute Gasteiger partial charge is 0.0723 e. The summed E-state index contributed by atoms with van der Waals surface area (Å²) in [6.45, 7) is 2.13. The van der Waals surface area contributed by atoms with Gasteiger partial charge in [-0.2, -0.15) is 5.26 Å². The molecule has 3 nitrogen and oxygen atoms in total. The van der Waals surface area contributed by atoms with E-state index in [4.69, 9.17) is 5.26 Å². The van der Waals surface area contributed by atoms with E-state index in [1.165, 1.54) is 16.7 Å². The molecule has 1 N–H and O–H groups in total. The summed E-state index contributed by atoms with van der Waals surface area (Å²) in [7, 11) is 0. The molecule has 4 rings (SSSR count). The molecule has 0 spiro atoms. The number of pyridine rings is 1. The number of hydrogen-bond acceptors (Lipinski definition) is 3. The summed E-state index contributed by atoms with van der Waals surface area (Å²) >= 11 is 0. The first-order chi connectivity index (χ1) is 13.2. The lowest BCUT2D eigenvalue weighted by Crippen LogP contribution is -1.94. The Morgan fingerprint density at radius 3 is 2.56 bits per heavy atom. The van der Waals surface area contributed by atoms with Crippen LogP contribution in [-0.4, -0.2) is 4.98 Å². The van der Waals surface area contributed by atoms with E-state index in [9.17, 15) is 0 Å². The third-order valence-corrected chi connectivity index (χ3v) is 4.71. The molecular weight excluding hydrogens is 330 g/mol. The first kappa shape index (κ1) is 16.8. The Morgan fingerprint density at radius 1 is 0.963 bits per heavy atom. The molecule has 0 aliphatic rings. The normalized spacial score (nSPS) is 10.5. The summed E-state index contributed by atoms with van der Waals surface area (Å²) in [5, 5.41) is 13.4. The fraction of sp³-hybridized carbons (Fsp3) is 0.0833. The van der Waals surface area contributed by atoms with Gasteiger partial charge in [-0.15, -0.1) is 0 Å². The van der Waals surface area contributed by atoms with Crippen molar-refractivity contribution in [3.63, 3.8) is 0 Å². The SMILES string of the molecule is Cc1ccccc1-c1ccc2nccc(Nc3ccc(CC#N)cc3)c2c1. The minimum atomic E-state index is 0.429. The van der Waals surface area contributed by atoms with Crippen molar-refractivity contribution in [3.05, 3.63) is 90.1 Å². The highest BCUT2D eigenvalue weighted by atomic mass is 14.9. The van der Waals surface area contributed by atoms with E-state index in [1.54, 1.807) is 0 Å². The van der Waals surface area contributed by atoms with E-state index in [0.29, 0.717) is 6.42 Å². The van der Waals surface area contributed by atoms with Crippen LogP contribution in [0.4, 0.5) is 11.4 Å². The lowest BCUT2D eigenvalue weighted by molar-refractivity contribution is 1.26. The molecule has 4 aromatic rings. The number of nitrogens with one attached hydrogen (secondary N) is 1. The van der Waals surface area contributed by atoms with Gasteiger partial charge in [-0.05, 0) is 59.5 Å². The van der Waals surface area contributed by atoms with Gasteiger partial charge in [0.2, 0.25) is 0 Å². The van der Waals surface area contributed by atoms with Gasteiger partial charge in [0.05, 0.1) is 18.0 Å². The highest BCUT2D eigenvalue weighted by molar-refractivity contribution is 5.95. The standard InChI is InChI=1S/C24H19N3/c1-17-4-2-3-5-21(17)19-8-11-23-22(16-19)24(13-15-26-23)27-20-9-6-18(7-10-20)12-14-25/h2-11,13,15-16H,12H2,1H3,(H,26,27). The van der Waals surface area contributed by atoms with E-state index < -0.39 is 0 Å². The lowest BCUT2D eigenvalue weighted by Gasteiger charge is -2.12. The number of fused-ring (bicyclic) bond motifs is 1. The van der Waals surface area contributed by atoms with Gasteiger partial charge in [0.15, 0.2) is 0 Å². The third kappa shape index (κ3) is 3.51. The minimum absolute atomic E-state index is 0.429. The molecule has 0 fully saturated rings. The van der Waals surface area contributed by atoms with Gasteiger partial charge >= 0.3 is 0 Å². The van der Waals surface area contributed by atoms with Crippen LogP contribution in [0.1, 0.15) is 11.1 Å². The second-order valence-corrected chi connectivity index (χ2v) is 6.56. The number of nitrogens with zero attached hydrogens (tertiary/aromatic N) is 2. The van der Waals surface area contributed by atoms with Crippen molar-refractivity contribution in [1.82, 2.24) is 4.98 Å². The number of nitriles is 1. The van der Waals surface area contributed by atoms with E-state index in [1.807, 2.05) is 36.5 Å². The zero-order valence-corrected chi connectivity index (χ0v) is 15.1. The Balaban J connectivity index is 1.73. The molecule has 1 aromatic heterocycles. The van der Waals surface area contributed by atoms with E-state index in [2.05, 4.69) is 65.8 Å². The first-order valence-corrected chi connectivity index (χ1v) is 8.92. The molecule has 0 amide bonds. The molecular formula is C24H19N3. The van der Waals surface area contributed by atoms with Gasteiger partial charge in [0.1, 0.15) is 0 Å². The van der Waals surface area contributed by atoms with Gasteiger partial charge in [-0.1, -0.05) is 42.5 Å². The number of benzene rings is 3. The van der Waals surface area contributed by atoms with Crippen molar-refractivity contribution in [2.24, 2.45) is 0 Å². The summed E-state index contributed by atoms with van der Waals surface area (Å²) in [4.78, 5) is 4.50. The van der Waals surface area contributed by atoms with Gasteiger partial charge in [-0.3, -0.25) is 4.98 Å². The predicted molar refractivity (Wildman–Crippen MR) is 111 cm³/mol. The largest absolute Gasteiger partial charge is 0.355 e. The Kier molecular flexibility index (Phi) is 4.55. The van der Waals surface area contributed by atoms with E-state index in [0.717, 1.165) is 27.8 Å². The average molecular weight is 349 g/mol. The molecule has 0 atom stereocenters. The van der Waals surface area contributed by atoms with Crippen molar-refractivity contribution >= 4 is 22.3 Å².